The Hall–Kier alpha value is -2.94. The molecule has 0 aromatic heterocycles. The Labute approximate surface area is 171 Å². The van der Waals surface area contributed by atoms with Gasteiger partial charge in [-0.3, -0.25) is 4.79 Å². The van der Waals surface area contributed by atoms with Gasteiger partial charge in [-0.1, -0.05) is 64.1 Å². The molecule has 3 aromatic rings. The minimum absolute atomic E-state index is 0.0272. The van der Waals surface area contributed by atoms with E-state index < -0.39 is 5.97 Å². The summed E-state index contributed by atoms with van der Waals surface area (Å²) in [5.74, 6) is -0.996. The number of hydrogen-bond donors (Lipinski definition) is 1. The van der Waals surface area contributed by atoms with Gasteiger partial charge in [0.2, 0.25) is 0 Å². The van der Waals surface area contributed by atoms with Crippen molar-refractivity contribution in [3.05, 3.63) is 82.4 Å². The van der Waals surface area contributed by atoms with Gasteiger partial charge in [0.05, 0.1) is 5.56 Å². The molecule has 3 aromatic carbocycles. The van der Waals surface area contributed by atoms with Gasteiger partial charge in [-0.15, -0.1) is 0 Å². The van der Waals surface area contributed by atoms with Crippen LogP contribution in [0.2, 0.25) is 0 Å². The molecule has 1 aliphatic rings. The van der Waals surface area contributed by atoms with Crippen molar-refractivity contribution < 1.29 is 14.7 Å². The minimum Gasteiger partial charge on any atom is -0.478 e. The molecule has 0 atom stereocenters. The molecule has 0 fully saturated rings. The van der Waals surface area contributed by atoms with E-state index >= 15 is 0 Å². The van der Waals surface area contributed by atoms with Gasteiger partial charge < -0.3 is 5.11 Å². The molecule has 0 radical (unpaired) electrons. The van der Waals surface area contributed by atoms with Crippen LogP contribution in [0.1, 0.15) is 77.9 Å². The molecular formula is C26H26O3. The van der Waals surface area contributed by atoms with Crippen LogP contribution in [0.15, 0.2) is 54.6 Å². The summed E-state index contributed by atoms with van der Waals surface area (Å²) in [5, 5.41) is 10.8. The van der Waals surface area contributed by atoms with Crippen LogP contribution in [-0.2, 0) is 10.8 Å². The average molecular weight is 386 g/mol. The predicted molar refractivity (Wildman–Crippen MR) is 116 cm³/mol. The summed E-state index contributed by atoms with van der Waals surface area (Å²) in [6.45, 7) is 9.04. The third kappa shape index (κ3) is 3.25. The van der Waals surface area contributed by atoms with Crippen LogP contribution >= 0.6 is 0 Å². The number of carbonyl (C=O) groups excluding carboxylic acids is 1. The Morgan fingerprint density at radius 2 is 1.45 bits per heavy atom. The van der Waals surface area contributed by atoms with E-state index in [1.165, 1.54) is 11.1 Å². The van der Waals surface area contributed by atoms with Gasteiger partial charge >= 0.3 is 5.97 Å². The van der Waals surface area contributed by atoms with Crippen LogP contribution in [0.5, 0.6) is 0 Å². The number of ketones is 1. The van der Waals surface area contributed by atoms with Crippen molar-refractivity contribution in [1.29, 1.82) is 0 Å². The van der Waals surface area contributed by atoms with E-state index in [2.05, 4.69) is 39.8 Å². The van der Waals surface area contributed by atoms with Gasteiger partial charge in [0, 0.05) is 11.1 Å². The monoisotopic (exact) mass is 386 g/mol. The van der Waals surface area contributed by atoms with Crippen LogP contribution in [-0.4, -0.2) is 16.9 Å². The first kappa shape index (κ1) is 19.4. The van der Waals surface area contributed by atoms with Crippen molar-refractivity contribution in [3.8, 4) is 0 Å². The Morgan fingerprint density at radius 1 is 0.793 bits per heavy atom. The lowest BCUT2D eigenvalue weighted by molar-refractivity contribution is 0.0697. The molecule has 0 unspecified atom stereocenters. The third-order valence-electron chi connectivity index (χ3n) is 6.49. The Bertz CT molecular complexity index is 1150. The summed E-state index contributed by atoms with van der Waals surface area (Å²) in [6.07, 6.45) is 2.23. The molecule has 0 heterocycles. The van der Waals surface area contributed by atoms with Gasteiger partial charge in [0.1, 0.15) is 0 Å². The summed E-state index contributed by atoms with van der Waals surface area (Å²) in [4.78, 5) is 24.7. The summed E-state index contributed by atoms with van der Waals surface area (Å²) in [6, 6.07) is 16.5. The minimum atomic E-state index is -0.969. The lowest BCUT2D eigenvalue weighted by Gasteiger charge is -2.42. The summed E-state index contributed by atoms with van der Waals surface area (Å²) in [7, 11) is 0. The zero-order chi connectivity index (χ0) is 21.0. The summed E-state index contributed by atoms with van der Waals surface area (Å²) in [5.41, 5.74) is 4.24. The lowest BCUT2D eigenvalue weighted by atomic mass is 9.63. The van der Waals surface area contributed by atoms with Crippen molar-refractivity contribution in [3.63, 3.8) is 0 Å². The van der Waals surface area contributed by atoms with E-state index in [1.807, 2.05) is 24.3 Å². The highest BCUT2D eigenvalue weighted by atomic mass is 16.4. The molecule has 0 saturated carbocycles. The molecule has 29 heavy (non-hydrogen) atoms. The fraction of sp³-hybridized carbons (Fsp3) is 0.308. The third-order valence-corrected chi connectivity index (χ3v) is 6.49. The average Bonchev–Trinajstić information content (AvgIpc) is 2.69. The summed E-state index contributed by atoms with van der Waals surface area (Å²) >= 11 is 0. The molecule has 3 nitrogen and oxygen atoms in total. The zero-order valence-electron chi connectivity index (χ0n) is 17.4. The maximum absolute atomic E-state index is 13.4. The molecule has 0 aliphatic heterocycles. The topological polar surface area (TPSA) is 54.4 Å². The maximum atomic E-state index is 13.4. The first-order chi connectivity index (χ1) is 13.6. The van der Waals surface area contributed by atoms with Crippen LogP contribution in [0.4, 0.5) is 0 Å². The normalized spacial score (nSPS) is 17.0. The molecular weight excluding hydrogens is 360 g/mol. The van der Waals surface area contributed by atoms with Crippen molar-refractivity contribution in [2.45, 2.75) is 51.4 Å². The standard InChI is InChI=1S/C26H26O3/c1-25(2)12-13-26(3,4)22-15-17(9-11-21(22)25)23(27)20-7-5-6-16-14-18(24(28)29)8-10-19(16)20/h5-11,14-15H,12-13H2,1-4H3,(H,28,29). The quantitative estimate of drug-likeness (QED) is 0.552. The molecule has 0 saturated heterocycles. The van der Waals surface area contributed by atoms with E-state index in [0.717, 1.165) is 23.6 Å². The van der Waals surface area contributed by atoms with Crippen LogP contribution in [0.3, 0.4) is 0 Å². The number of fused-ring (bicyclic) bond motifs is 2. The fourth-order valence-corrected chi connectivity index (χ4v) is 4.50. The van der Waals surface area contributed by atoms with E-state index in [1.54, 1.807) is 18.2 Å². The SMILES string of the molecule is CC1(C)CCC(C)(C)c2cc(C(=O)c3cccc4cc(C(=O)O)ccc34)ccc21. The van der Waals surface area contributed by atoms with Crippen LogP contribution in [0, 0.1) is 0 Å². The van der Waals surface area contributed by atoms with Crippen molar-refractivity contribution >= 4 is 22.5 Å². The van der Waals surface area contributed by atoms with Crippen molar-refractivity contribution in [2.24, 2.45) is 0 Å². The first-order valence-electron chi connectivity index (χ1n) is 10.1. The fourth-order valence-electron chi connectivity index (χ4n) is 4.50. The second-order valence-corrected chi connectivity index (χ2v) is 9.40. The van der Waals surface area contributed by atoms with Crippen molar-refractivity contribution in [2.75, 3.05) is 0 Å². The molecule has 1 aliphatic carbocycles. The molecule has 148 valence electrons. The largest absolute Gasteiger partial charge is 0.478 e. The van der Waals surface area contributed by atoms with Crippen LogP contribution < -0.4 is 0 Å². The molecule has 0 amide bonds. The molecule has 3 heteroatoms. The van der Waals surface area contributed by atoms with Gasteiger partial charge in [0.25, 0.3) is 0 Å². The zero-order valence-corrected chi connectivity index (χ0v) is 17.4. The number of carboxylic acid groups (broad SMARTS) is 1. The molecule has 1 N–H and O–H groups in total. The van der Waals surface area contributed by atoms with Gasteiger partial charge in [0.15, 0.2) is 5.78 Å². The first-order valence-corrected chi connectivity index (χ1v) is 10.1. The Balaban J connectivity index is 1.83. The van der Waals surface area contributed by atoms with E-state index in [0.29, 0.717) is 11.1 Å². The number of aromatic carboxylic acids is 1. The number of carboxylic acids is 1. The maximum Gasteiger partial charge on any atom is 0.335 e. The summed E-state index contributed by atoms with van der Waals surface area (Å²) < 4.78 is 0. The van der Waals surface area contributed by atoms with Gasteiger partial charge in [-0.05, 0) is 63.8 Å². The lowest BCUT2D eigenvalue weighted by Crippen LogP contribution is -2.34. The highest BCUT2D eigenvalue weighted by molar-refractivity contribution is 6.17. The highest BCUT2D eigenvalue weighted by Crippen LogP contribution is 2.46. The van der Waals surface area contributed by atoms with E-state index in [4.69, 9.17) is 0 Å². The predicted octanol–water partition coefficient (Wildman–Crippen LogP) is 6.12. The number of benzene rings is 3. The smallest absolute Gasteiger partial charge is 0.335 e. The number of carbonyl (C=O) groups is 2. The van der Waals surface area contributed by atoms with Gasteiger partial charge in [-0.25, -0.2) is 4.79 Å². The van der Waals surface area contributed by atoms with Gasteiger partial charge in [-0.2, -0.15) is 0 Å². The Morgan fingerprint density at radius 3 is 2.14 bits per heavy atom. The number of rotatable bonds is 3. The van der Waals surface area contributed by atoms with E-state index in [-0.39, 0.29) is 22.2 Å². The second kappa shape index (κ2) is 6.55. The molecule has 0 bridgehead atoms. The van der Waals surface area contributed by atoms with E-state index in [9.17, 15) is 14.7 Å². The van der Waals surface area contributed by atoms with Crippen molar-refractivity contribution in [1.82, 2.24) is 0 Å². The van der Waals surface area contributed by atoms with Crippen LogP contribution in [0.25, 0.3) is 10.8 Å². The second-order valence-electron chi connectivity index (χ2n) is 9.40. The highest BCUT2D eigenvalue weighted by Gasteiger charge is 2.37. The molecule has 4 rings (SSSR count). The number of hydrogen-bond acceptors (Lipinski definition) is 2. The Kier molecular flexibility index (Phi) is 4.38. The molecule has 0 spiro atoms.